The van der Waals surface area contributed by atoms with Crippen LogP contribution in [0.4, 0.5) is 14.5 Å². The first-order valence-electron chi connectivity index (χ1n) is 5.77. The number of ether oxygens (including phenoxy) is 1. The fourth-order valence-electron chi connectivity index (χ4n) is 1.52. The van der Waals surface area contributed by atoms with Gasteiger partial charge in [-0.2, -0.15) is 8.78 Å². The normalized spacial score (nSPS) is 10.6. The topological polar surface area (TPSA) is 64.1 Å². The van der Waals surface area contributed by atoms with Crippen molar-refractivity contribution < 1.29 is 18.3 Å². The van der Waals surface area contributed by atoms with Gasteiger partial charge in [-0.1, -0.05) is 11.4 Å². The van der Waals surface area contributed by atoms with Gasteiger partial charge in [-0.15, -0.1) is 5.10 Å². The number of benzene rings is 1. The van der Waals surface area contributed by atoms with Gasteiger partial charge in [0.15, 0.2) is 0 Å². The van der Waals surface area contributed by atoms with Crippen molar-refractivity contribution >= 4 is 23.1 Å². The maximum atomic E-state index is 12.0. The molecule has 20 heavy (non-hydrogen) atoms. The third-order valence-electron chi connectivity index (χ3n) is 2.43. The van der Waals surface area contributed by atoms with Gasteiger partial charge in [0.25, 0.3) is 5.91 Å². The molecule has 0 aliphatic carbocycles. The highest BCUT2D eigenvalue weighted by molar-refractivity contribution is 7.08. The van der Waals surface area contributed by atoms with Crippen LogP contribution in [-0.2, 0) is 6.42 Å². The number of alkyl halides is 2. The number of nitrogens with zero attached hydrogens (tertiary/aromatic N) is 2. The molecular formula is C12H11F2N3O2S. The molecule has 0 saturated carbocycles. The van der Waals surface area contributed by atoms with E-state index in [9.17, 15) is 13.6 Å². The predicted octanol–water partition coefficient (Wildman–Crippen LogP) is 2.95. The van der Waals surface area contributed by atoms with Crippen molar-refractivity contribution in [3.05, 3.63) is 34.8 Å². The van der Waals surface area contributed by atoms with Gasteiger partial charge in [0.05, 0.1) is 5.69 Å². The monoisotopic (exact) mass is 299 g/mol. The van der Waals surface area contributed by atoms with Gasteiger partial charge in [0.1, 0.15) is 10.6 Å². The number of nitrogens with one attached hydrogen (secondary N) is 1. The summed E-state index contributed by atoms with van der Waals surface area (Å²) in [5, 5.41) is 6.50. The molecule has 0 radical (unpaired) electrons. The Labute approximate surface area is 117 Å². The third kappa shape index (κ3) is 3.47. The number of carbonyl (C=O) groups is 1. The molecular weight excluding hydrogens is 288 g/mol. The average molecular weight is 299 g/mol. The predicted molar refractivity (Wildman–Crippen MR) is 70.3 cm³/mol. The Morgan fingerprint density at radius 1 is 1.40 bits per heavy atom. The molecule has 0 unspecified atom stereocenters. The van der Waals surface area contributed by atoms with Crippen LogP contribution in [0, 0.1) is 0 Å². The summed E-state index contributed by atoms with van der Waals surface area (Å²) >= 11 is 1.02. The lowest BCUT2D eigenvalue weighted by atomic mass is 10.2. The lowest BCUT2D eigenvalue weighted by Crippen LogP contribution is -2.12. The lowest BCUT2D eigenvalue weighted by Gasteiger charge is -2.07. The number of hydrogen-bond acceptors (Lipinski definition) is 5. The molecule has 2 aromatic rings. The molecule has 0 saturated heterocycles. The number of anilines is 1. The molecule has 1 amide bonds. The van der Waals surface area contributed by atoms with Crippen LogP contribution in [0.5, 0.6) is 5.75 Å². The molecule has 8 heteroatoms. The Morgan fingerprint density at radius 3 is 2.70 bits per heavy atom. The maximum absolute atomic E-state index is 12.0. The molecule has 0 aliphatic rings. The molecule has 0 aliphatic heterocycles. The minimum atomic E-state index is -2.87. The number of halogens is 2. The van der Waals surface area contributed by atoms with Crippen LogP contribution in [0.25, 0.3) is 0 Å². The Bertz CT molecular complexity index is 587. The van der Waals surface area contributed by atoms with Crippen molar-refractivity contribution in [3.8, 4) is 5.75 Å². The molecule has 2 rings (SSSR count). The van der Waals surface area contributed by atoms with Gasteiger partial charge in [0.2, 0.25) is 0 Å². The van der Waals surface area contributed by atoms with Crippen LogP contribution >= 0.6 is 11.5 Å². The van der Waals surface area contributed by atoms with Crippen LogP contribution < -0.4 is 10.1 Å². The van der Waals surface area contributed by atoms with Gasteiger partial charge >= 0.3 is 6.61 Å². The Morgan fingerprint density at radius 2 is 2.10 bits per heavy atom. The van der Waals surface area contributed by atoms with Crippen LogP contribution in [-0.4, -0.2) is 22.1 Å². The summed E-state index contributed by atoms with van der Waals surface area (Å²) in [6.07, 6.45) is 0.612. The van der Waals surface area contributed by atoms with E-state index in [4.69, 9.17) is 0 Å². The van der Waals surface area contributed by atoms with E-state index < -0.39 is 6.61 Å². The summed E-state index contributed by atoms with van der Waals surface area (Å²) in [5.74, 6) is -0.286. The van der Waals surface area contributed by atoms with Crippen molar-refractivity contribution in [2.45, 2.75) is 20.0 Å². The van der Waals surface area contributed by atoms with Crippen molar-refractivity contribution in [3.63, 3.8) is 0 Å². The second-order valence-corrected chi connectivity index (χ2v) is 4.51. The minimum Gasteiger partial charge on any atom is -0.435 e. The quantitative estimate of drug-likeness (QED) is 0.922. The minimum absolute atomic E-state index is 0.0340. The molecule has 106 valence electrons. The number of rotatable bonds is 5. The standard InChI is InChI=1S/C12H11F2N3O2S/c1-2-9-10(20-17-16-9)11(18)15-7-3-5-8(6-4-7)19-12(13)14/h3-6,12H,2H2,1H3,(H,15,18). The van der Waals surface area contributed by atoms with Crippen LogP contribution in [0.1, 0.15) is 22.3 Å². The van der Waals surface area contributed by atoms with Gasteiger partial charge in [0, 0.05) is 5.69 Å². The Balaban J connectivity index is 2.05. The number of hydrogen-bond donors (Lipinski definition) is 1. The second kappa shape index (κ2) is 6.38. The summed E-state index contributed by atoms with van der Waals surface area (Å²) in [7, 11) is 0. The van der Waals surface area contributed by atoms with E-state index in [2.05, 4.69) is 19.6 Å². The zero-order chi connectivity index (χ0) is 14.5. The number of aryl methyl sites for hydroxylation is 1. The molecule has 1 aromatic heterocycles. The average Bonchev–Trinajstić information content (AvgIpc) is 2.89. The van der Waals surface area contributed by atoms with Crippen LogP contribution in [0.2, 0.25) is 0 Å². The Kier molecular flexibility index (Phi) is 4.57. The highest BCUT2D eigenvalue weighted by atomic mass is 32.1. The first-order valence-corrected chi connectivity index (χ1v) is 6.55. The molecule has 5 nitrogen and oxygen atoms in total. The summed E-state index contributed by atoms with van der Waals surface area (Å²) in [5.41, 5.74) is 1.11. The Hall–Kier alpha value is -2.09. The summed E-state index contributed by atoms with van der Waals surface area (Å²) < 4.78 is 31.9. The van der Waals surface area contributed by atoms with E-state index in [1.807, 2.05) is 6.92 Å². The first-order chi connectivity index (χ1) is 9.60. The van der Waals surface area contributed by atoms with Crippen LogP contribution in [0.15, 0.2) is 24.3 Å². The fraction of sp³-hybridized carbons (Fsp3) is 0.250. The number of carbonyl (C=O) groups excluding carboxylic acids is 1. The number of amides is 1. The zero-order valence-electron chi connectivity index (χ0n) is 10.5. The highest BCUT2D eigenvalue weighted by Gasteiger charge is 2.15. The van der Waals surface area contributed by atoms with E-state index >= 15 is 0 Å². The van der Waals surface area contributed by atoms with E-state index in [1.54, 1.807) is 0 Å². The molecule has 0 bridgehead atoms. The molecule has 1 heterocycles. The van der Waals surface area contributed by atoms with Crippen molar-refractivity contribution in [2.75, 3.05) is 5.32 Å². The molecule has 0 spiro atoms. The van der Waals surface area contributed by atoms with Gasteiger partial charge in [-0.05, 0) is 42.2 Å². The van der Waals surface area contributed by atoms with Gasteiger partial charge in [-0.3, -0.25) is 4.79 Å². The second-order valence-electron chi connectivity index (χ2n) is 3.76. The molecule has 0 fully saturated rings. The highest BCUT2D eigenvalue weighted by Crippen LogP contribution is 2.19. The first kappa shape index (κ1) is 14.3. The summed E-state index contributed by atoms with van der Waals surface area (Å²) in [4.78, 5) is 12.4. The largest absolute Gasteiger partial charge is 0.435 e. The van der Waals surface area contributed by atoms with Crippen molar-refractivity contribution in [1.82, 2.24) is 9.59 Å². The fourth-order valence-corrected chi connectivity index (χ4v) is 2.17. The van der Waals surface area contributed by atoms with Gasteiger partial charge < -0.3 is 10.1 Å². The number of aromatic nitrogens is 2. The van der Waals surface area contributed by atoms with Crippen molar-refractivity contribution in [2.24, 2.45) is 0 Å². The van der Waals surface area contributed by atoms with E-state index in [1.165, 1.54) is 24.3 Å². The summed E-state index contributed by atoms with van der Waals surface area (Å²) in [6.45, 7) is -0.991. The summed E-state index contributed by atoms with van der Waals surface area (Å²) in [6, 6.07) is 5.67. The van der Waals surface area contributed by atoms with E-state index in [0.29, 0.717) is 22.7 Å². The third-order valence-corrected chi connectivity index (χ3v) is 3.20. The van der Waals surface area contributed by atoms with Crippen LogP contribution in [0.3, 0.4) is 0 Å². The smallest absolute Gasteiger partial charge is 0.387 e. The van der Waals surface area contributed by atoms with Crippen molar-refractivity contribution in [1.29, 1.82) is 0 Å². The molecule has 1 aromatic carbocycles. The lowest BCUT2D eigenvalue weighted by molar-refractivity contribution is -0.0498. The van der Waals surface area contributed by atoms with E-state index in [-0.39, 0.29) is 11.7 Å². The molecule has 1 N–H and O–H groups in total. The maximum Gasteiger partial charge on any atom is 0.387 e. The van der Waals surface area contributed by atoms with E-state index in [0.717, 1.165) is 11.5 Å². The SMILES string of the molecule is CCc1nnsc1C(=O)Nc1ccc(OC(F)F)cc1. The zero-order valence-corrected chi connectivity index (χ0v) is 11.3. The van der Waals surface area contributed by atoms with Gasteiger partial charge in [-0.25, -0.2) is 0 Å². The molecule has 0 atom stereocenters.